The monoisotopic (exact) mass is 441 g/mol. The Morgan fingerprint density at radius 3 is 2.53 bits per heavy atom. The van der Waals surface area contributed by atoms with Crippen LogP contribution in [0.2, 0.25) is 0 Å². The van der Waals surface area contributed by atoms with E-state index in [-0.39, 0.29) is 12.0 Å². The molecule has 1 atom stereocenters. The van der Waals surface area contributed by atoms with Crippen molar-refractivity contribution in [3.63, 3.8) is 0 Å². The number of nitrogens with one attached hydrogen (secondary N) is 3. The Labute approximate surface area is 191 Å². The molecule has 2 aromatic carbocycles. The molecule has 0 fully saturated rings. The van der Waals surface area contributed by atoms with Crippen LogP contribution in [0.1, 0.15) is 22.8 Å². The molecule has 0 aliphatic carbocycles. The molecule has 3 N–H and O–H groups in total. The highest BCUT2D eigenvalue weighted by Gasteiger charge is 2.08. The Hall–Kier alpha value is -3.26. The van der Waals surface area contributed by atoms with Crippen LogP contribution >= 0.6 is 0 Å². The van der Waals surface area contributed by atoms with E-state index in [1.54, 1.807) is 14.2 Å². The van der Waals surface area contributed by atoms with Crippen LogP contribution < -0.4 is 25.4 Å². The van der Waals surface area contributed by atoms with Gasteiger partial charge in [-0.1, -0.05) is 18.2 Å². The molecule has 32 heavy (non-hydrogen) atoms. The Morgan fingerprint density at radius 1 is 1.06 bits per heavy atom. The van der Waals surface area contributed by atoms with Gasteiger partial charge in [0.05, 0.1) is 13.7 Å². The lowest BCUT2D eigenvalue weighted by Gasteiger charge is -2.18. The molecule has 1 unspecified atom stereocenters. The molecule has 8 nitrogen and oxygen atoms in total. The molecule has 0 aromatic heterocycles. The van der Waals surface area contributed by atoms with Crippen molar-refractivity contribution in [2.45, 2.75) is 19.6 Å². The fourth-order valence-corrected chi connectivity index (χ4v) is 2.91. The van der Waals surface area contributed by atoms with Crippen molar-refractivity contribution in [1.29, 1.82) is 0 Å². The predicted octanol–water partition coefficient (Wildman–Crippen LogP) is 2.12. The number of nitrogens with zero attached hydrogens (tertiary/aromatic N) is 2. The Bertz CT molecular complexity index is 885. The smallest absolute Gasteiger partial charge is 0.251 e. The molecule has 0 aliphatic rings. The third kappa shape index (κ3) is 8.85. The summed E-state index contributed by atoms with van der Waals surface area (Å²) in [5.74, 6) is 2.10. The number of likely N-dealkylation sites (N-methyl/N-ethyl adjacent to an activating group) is 1. The number of methoxy groups -OCH3 is 1. The minimum Gasteiger partial charge on any atom is -0.497 e. The third-order valence-corrected chi connectivity index (χ3v) is 4.65. The number of amides is 1. The van der Waals surface area contributed by atoms with Gasteiger partial charge >= 0.3 is 0 Å². The largest absolute Gasteiger partial charge is 0.497 e. The summed E-state index contributed by atoms with van der Waals surface area (Å²) < 4.78 is 11.2. The molecule has 0 saturated carbocycles. The van der Waals surface area contributed by atoms with E-state index in [0.717, 1.165) is 23.6 Å². The van der Waals surface area contributed by atoms with Crippen LogP contribution in [0.15, 0.2) is 53.5 Å². The summed E-state index contributed by atoms with van der Waals surface area (Å²) in [5.41, 5.74) is 1.64. The first-order valence-electron chi connectivity index (χ1n) is 10.7. The molecular formula is C24H35N5O3. The van der Waals surface area contributed by atoms with E-state index in [1.165, 1.54) is 0 Å². The minimum atomic E-state index is -0.0742. The maximum absolute atomic E-state index is 12.3. The van der Waals surface area contributed by atoms with Gasteiger partial charge < -0.3 is 30.3 Å². The van der Waals surface area contributed by atoms with E-state index in [9.17, 15) is 4.79 Å². The standard InChI is InChI=1S/C24H35N5O3/c1-18(32-22-11-7-10-21(15-22)31-5)16-27-24(25-2)28-17-19-8-6-9-20(14-19)23(30)26-12-13-29(3)4/h6-11,14-15,18H,12-13,16-17H2,1-5H3,(H,26,30)(H2,25,27,28). The zero-order valence-corrected chi connectivity index (χ0v) is 19.6. The Balaban J connectivity index is 1.81. The Morgan fingerprint density at radius 2 is 1.81 bits per heavy atom. The van der Waals surface area contributed by atoms with E-state index in [0.29, 0.717) is 31.2 Å². The summed E-state index contributed by atoms with van der Waals surface area (Å²) in [4.78, 5) is 18.6. The molecular weight excluding hydrogens is 406 g/mol. The molecule has 0 spiro atoms. The van der Waals surface area contributed by atoms with Crippen LogP contribution in [-0.4, -0.2) is 70.8 Å². The predicted molar refractivity (Wildman–Crippen MR) is 129 cm³/mol. The first-order chi connectivity index (χ1) is 15.4. The number of hydrogen-bond donors (Lipinski definition) is 3. The molecule has 8 heteroatoms. The van der Waals surface area contributed by atoms with Gasteiger partial charge in [0, 0.05) is 38.3 Å². The number of ether oxygens (including phenoxy) is 2. The summed E-state index contributed by atoms with van der Waals surface area (Å²) in [7, 11) is 7.31. The molecule has 174 valence electrons. The van der Waals surface area contributed by atoms with E-state index in [4.69, 9.17) is 9.47 Å². The van der Waals surface area contributed by atoms with Crippen molar-refractivity contribution in [3.05, 3.63) is 59.7 Å². The lowest BCUT2D eigenvalue weighted by molar-refractivity contribution is 0.0951. The second-order valence-electron chi connectivity index (χ2n) is 7.67. The lowest BCUT2D eigenvalue weighted by Crippen LogP contribution is -2.41. The van der Waals surface area contributed by atoms with Gasteiger partial charge in [-0.3, -0.25) is 9.79 Å². The van der Waals surface area contributed by atoms with Crippen LogP contribution in [0.4, 0.5) is 0 Å². The number of guanidine groups is 1. The molecule has 0 saturated heterocycles. The van der Waals surface area contributed by atoms with Crippen LogP contribution in [0.25, 0.3) is 0 Å². The number of hydrogen-bond acceptors (Lipinski definition) is 5. The van der Waals surface area contributed by atoms with Gasteiger partial charge in [-0.25, -0.2) is 0 Å². The molecule has 0 bridgehead atoms. The molecule has 0 aliphatic heterocycles. The third-order valence-electron chi connectivity index (χ3n) is 4.65. The SMILES string of the molecule is CN=C(NCc1cccc(C(=O)NCCN(C)C)c1)NCC(C)Oc1cccc(OC)c1. The van der Waals surface area contributed by atoms with Crippen LogP contribution in [0, 0.1) is 0 Å². The fourth-order valence-electron chi connectivity index (χ4n) is 2.91. The van der Waals surface area contributed by atoms with Crippen LogP contribution in [-0.2, 0) is 6.54 Å². The topological polar surface area (TPSA) is 87.2 Å². The summed E-state index contributed by atoms with van der Waals surface area (Å²) >= 11 is 0. The van der Waals surface area contributed by atoms with Gasteiger partial charge in [0.25, 0.3) is 5.91 Å². The highest BCUT2D eigenvalue weighted by Crippen LogP contribution is 2.19. The average Bonchev–Trinajstić information content (AvgIpc) is 2.79. The fraction of sp³-hybridized carbons (Fsp3) is 0.417. The number of benzene rings is 2. The van der Waals surface area contributed by atoms with Gasteiger partial charge in [0.1, 0.15) is 17.6 Å². The van der Waals surface area contributed by atoms with Gasteiger partial charge in [-0.2, -0.15) is 0 Å². The zero-order chi connectivity index (χ0) is 23.3. The van der Waals surface area contributed by atoms with E-state index < -0.39 is 0 Å². The van der Waals surface area contributed by atoms with E-state index in [1.807, 2.05) is 74.4 Å². The number of carbonyl (C=O) groups excluding carboxylic acids is 1. The number of carbonyl (C=O) groups is 1. The summed E-state index contributed by atoms with van der Waals surface area (Å²) in [5, 5.41) is 9.47. The summed E-state index contributed by atoms with van der Waals surface area (Å²) in [6, 6.07) is 15.1. The van der Waals surface area contributed by atoms with Crippen molar-refractivity contribution in [2.24, 2.45) is 4.99 Å². The highest BCUT2D eigenvalue weighted by molar-refractivity contribution is 5.94. The lowest BCUT2D eigenvalue weighted by atomic mass is 10.1. The normalized spacial score (nSPS) is 12.2. The average molecular weight is 442 g/mol. The highest BCUT2D eigenvalue weighted by atomic mass is 16.5. The molecule has 0 radical (unpaired) electrons. The first kappa shape index (κ1) is 25.0. The molecule has 2 aromatic rings. The number of rotatable bonds is 11. The number of aliphatic imine (C=N–C) groups is 1. The van der Waals surface area contributed by atoms with Gasteiger partial charge in [-0.05, 0) is 50.8 Å². The first-order valence-corrected chi connectivity index (χ1v) is 10.7. The molecule has 2 rings (SSSR count). The summed E-state index contributed by atoms with van der Waals surface area (Å²) in [6.07, 6.45) is -0.0742. The molecule has 0 heterocycles. The maximum Gasteiger partial charge on any atom is 0.251 e. The second kappa shape index (κ2) is 13.2. The van der Waals surface area contributed by atoms with E-state index in [2.05, 4.69) is 20.9 Å². The van der Waals surface area contributed by atoms with Crippen molar-refractivity contribution in [2.75, 3.05) is 47.9 Å². The van der Waals surface area contributed by atoms with Crippen molar-refractivity contribution < 1.29 is 14.3 Å². The zero-order valence-electron chi connectivity index (χ0n) is 19.6. The molecule has 1 amide bonds. The Kier molecular flexibility index (Phi) is 10.3. The quantitative estimate of drug-likeness (QED) is 0.366. The second-order valence-corrected chi connectivity index (χ2v) is 7.67. The van der Waals surface area contributed by atoms with Gasteiger partial charge in [-0.15, -0.1) is 0 Å². The van der Waals surface area contributed by atoms with Gasteiger partial charge in [0.2, 0.25) is 0 Å². The van der Waals surface area contributed by atoms with Crippen LogP contribution in [0.3, 0.4) is 0 Å². The van der Waals surface area contributed by atoms with Crippen molar-refractivity contribution >= 4 is 11.9 Å². The maximum atomic E-state index is 12.3. The van der Waals surface area contributed by atoms with Crippen LogP contribution in [0.5, 0.6) is 11.5 Å². The van der Waals surface area contributed by atoms with Crippen molar-refractivity contribution in [1.82, 2.24) is 20.9 Å². The van der Waals surface area contributed by atoms with Gasteiger partial charge in [0.15, 0.2) is 5.96 Å². The minimum absolute atomic E-state index is 0.0697. The van der Waals surface area contributed by atoms with Crippen molar-refractivity contribution in [3.8, 4) is 11.5 Å². The summed E-state index contributed by atoms with van der Waals surface area (Å²) in [6.45, 7) is 4.52. The van der Waals surface area contributed by atoms with E-state index >= 15 is 0 Å².